The molecule has 0 bridgehead atoms. The van der Waals surface area contributed by atoms with Crippen LogP contribution in [0.4, 0.5) is 0 Å². The number of benzene rings is 1. The second kappa shape index (κ2) is 9.48. The average molecular weight is 358 g/mol. The largest absolute Gasteiger partial charge is 0.326 e. The first-order valence-electron chi connectivity index (χ1n) is 8.87. The molecule has 0 radical (unpaired) electrons. The van der Waals surface area contributed by atoms with Gasteiger partial charge in [-0.15, -0.1) is 0 Å². The Morgan fingerprint density at radius 2 is 2.00 bits per heavy atom. The molecule has 1 N–H and O–H groups in total. The number of carbonyl (C=O) groups excluding carboxylic acids is 1. The Balaban J connectivity index is 2.07. The van der Waals surface area contributed by atoms with Crippen LogP contribution < -0.4 is 5.32 Å². The van der Waals surface area contributed by atoms with E-state index in [1.165, 1.54) is 17.3 Å². The van der Waals surface area contributed by atoms with Gasteiger partial charge in [0.2, 0.25) is 5.91 Å². The molecule has 1 saturated carbocycles. The molecular formula is C24H26N2O. The Kier molecular flexibility index (Phi) is 7.07. The summed E-state index contributed by atoms with van der Waals surface area (Å²) in [5.74, 6) is 0.316. The van der Waals surface area contributed by atoms with Gasteiger partial charge in [-0.05, 0) is 48.1 Å². The van der Waals surface area contributed by atoms with Crippen molar-refractivity contribution in [2.45, 2.75) is 19.3 Å². The molecule has 27 heavy (non-hydrogen) atoms. The number of nitrogens with one attached hydrogen (secondary N) is 1. The lowest BCUT2D eigenvalue weighted by atomic mass is 10.1. The Labute approximate surface area is 161 Å². The highest BCUT2D eigenvalue weighted by atomic mass is 16.2. The van der Waals surface area contributed by atoms with Crippen molar-refractivity contribution in [1.29, 1.82) is 0 Å². The fourth-order valence-corrected chi connectivity index (χ4v) is 2.81. The molecule has 0 aromatic heterocycles. The van der Waals surface area contributed by atoms with E-state index in [0.29, 0.717) is 11.6 Å². The summed E-state index contributed by atoms with van der Waals surface area (Å²) < 4.78 is 0. The van der Waals surface area contributed by atoms with Crippen molar-refractivity contribution in [3.63, 3.8) is 0 Å². The number of aryl methyl sites for hydroxylation is 1. The average Bonchev–Trinajstić information content (AvgIpc) is 3.47. The Morgan fingerprint density at radius 1 is 1.22 bits per heavy atom. The van der Waals surface area contributed by atoms with E-state index in [2.05, 4.69) is 61.7 Å². The zero-order chi connectivity index (χ0) is 19.8. The number of allylic oxidation sites excluding steroid dienone is 6. The van der Waals surface area contributed by atoms with Crippen LogP contribution in [0.15, 0.2) is 103 Å². The van der Waals surface area contributed by atoms with Gasteiger partial charge < -0.3 is 5.32 Å². The molecule has 0 spiro atoms. The molecule has 2 atom stereocenters. The van der Waals surface area contributed by atoms with Crippen LogP contribution in [0.5, 0.6) is 0 Å². The summed E-state index contributed by atoms with van der Waals surface area (Å²) in [5.41, 5.74) is 4.59. The molecule has 138 valence electrons. The predicted octanol–water partition coefficient (Wildman–Crippen LogP) is 5.17. The van der Waals surface area contributed by atoms with Crippen molar-refractivity contribution in [3.05, 3.63) is 109 Å². The number of carbonyl (C=O) groups is 1. The van der Waals surface area contributed by atoms with Crippen molar-refractivity contribution < 1.29 is 4.79 Å². The van der Waals surface area contributed by atoms with Gasteiger partial charge in [0.1, 0.15) is 0 Å². The molecule has 0 unspecified atom stereocenters. The molecule has 0 heterocycles. The van der Waals surface area contributed by atoms with Gasteiger partial charge in [-0.3, -0.25) is 9.79 Å². The molecule has 3 nitrogen and oxygen atoms in total. The summed E-state index contributed by atoms with van der Waals surface area (Å²) in [6, 6.07) is 8.34. The molecule has 1 aromatic carbocycles. The third-order valence-corrected chi connectivity index (χ3v) is 4.46. The number of amides is 1. The maximum absolute atomic E-state index is 12.6. The highest BCUT2D eigenvalue weighted by Gasteiger charge is 2.43. The van der Waals surface area contributed by atoms with Crippen LogP contribution in [0, 0.1) is 12.8 Å². The SMILES string of the molecule is C=C\N=C/C(=C/C=C(\C=C)NC(=O)[C@@H]1C[C@H]1c1cccc(C)c1)C(=C)C=C. The summed E-state index contributed by atoms with van der Waals surface area (Å²) in [6.07, 6.45) is 10.8. The van der Waals surface area contributed by atoms with Crippen molar-refractivity contribution in [2.24, 2.45) is 10.9 Å². The molecule has 1 fully saturated rings. The summed E-state index contributed by atoms with van der Waals surface area (Å²) in [7, 11) is 0. The van der Waals surface area contributed by atoms with Crippen LogP contribution in [0.25, 0.3) is 0 Å². The summed E-state index contributed by atoms with van der Waals surface area (Å²) in [6.45, 7) is 17.1. The van der Waals surface area contributed by atoms with E-state index < -0.39 is 0 Å². The zero-order valence-corrected chi connectivity index (χ0v) is 15.8. The van der Waals surface area contributed by atoms with Gasteiger partial charge in [-0.1, -0.05) is 68.3 Å². The van der Waals surface area contributed by atoms with E-state index in [-0.39, 0.29) is 11.8 Å². The van der Waals surface area contributed by atoms with Crippen molar-refractivity contribution in [1.82, 2.24) is 5.32 Å². The second-order valence-electron chi connectivity index (χ2n) is 6.49. The summed E-state index contributed by atoms with van der Waals surface area (Å²) in [5, 5.41) is 2.95. The van der Waals surface area contributed by atoms with Gasteiger partial charge >= 0.3 is 0 Å². The molecule has 1 aliphatic rings. The lowest BCUT2D eigenvalue weighted by molar-refractivity contribution is -0.121. The molecule has 1 amide bonds. The smallest absolute Gasteiger partial charge is 0.228 e. The van der Waals surface area contributed by atoms with E-state index in [1.807, 2.05) is 12.1 Å². The van der Waals surface area contributed by atoms with Crippen LogP contribution >= 0.6 is 0 Å². The van der Waals surface area contributed by atoms with Crippen LogP contribution in [0.3, 0.4) is 0 Å². The maximum atomic E-state index is 12.6. The summed E-state index contributed by atoms with van der Waals surface area (Å²) in [4.78, 5) is 16.6. The van der Waals surface area contributed by atoms with Gasteiger partial charge in [0.25, 0.3) is 0 Å². The molecule has 0 aliphatic heterocycles. The Bertz CT molecular complexity index is 855. The Hall–Kier alpha value is -3.20. The monoisotopic (exact) mass is 358 g/mol. The van der Waals surface area contributed by atoms with E-state index in [9.17, 15) is 4.79 Å². The van der Waals surface area contributed by atoms with Crippen molar-refractivity contribution in [2.75, 3.05) is 0 Å². The quantitative estimate of drug-likeness (QED) is 0.480. The van der Waals surface area contributed by atoms with Crippen LogP contribution in [-0.2, 0) is 4.79 Å². The minimum atomic E-state index is 0.00377. The maximum Gasteiger partial charge on any atom is 0.228 e. The van der Waals surface area contributed by atoms with Gasteiger partial charge in [-0.2, -0.15) is 0 Å². The number of hydrogen-bond donors (Lipinski definition) is 1. The van der Waals surface area contributed by atoms with E-state index in [0.717, 1.165) is 17.6 Å². The first-order valence-corrected chi connectivity index (χ1v) is 8.87. The fourth-order valence-electron chi connectivity index (χ4n) is 2.81. The lowest BCUT2D eigenvalue weighted by Crippen LogP contribution is -2.23. The van der Waals surface area contributed by atoms with Gasteiger partial charge in [-0.25, -0.2) is 0 Å². The number of hydrogen-bond acceptors (Lipinski definition) is 2. The van der Waals surface area contributed by atoms with Gasteiger partial charge in [0.05, 0.1) is 0 Å². The zero-order valence-electron chi connectivity index (χ0n) is 15.8. The molecule has 0 saturated heterocycles. The minimum Gasteiger partial charge on any atom is -0.326 e. The normalized spacial score (nSPS) is 19.4. The third kappa shape index (κ3) is 5.65. The second-order valence-corrected chi connectivity index (χ2v) is 6.49. The standard InChI is InChI=1S/C24H26N2O/c1-6-18(5)20(16-25-8-3)12-13-21(7-2)26-24(27)23-15-22(23)19-11-9-10-17(4)14-19/h6-14,16,22-23H,1-3,5,15H2,4H3,(H,26,27)/b20-12-,21-13+,25-16-/t22-,23+/m0/s1. The van der Waals surface area contributed by atoms with Gasteiger partial charge in [0.15, 0.2) is 0 Å². The highest BCUT2D eigenvalue weighted by Crippen LogP contribution is 2.47. The minimum absolute atomic E-state index is 0.00377. The van der Waals surface area contributed by atoms with E-state index >= 15 is 0 Å². The lowest BCUT2D eigenvalue weighted by Gasteiger charge is -2.06. The van der Waals surface area contributed by atoms with Crippen molar-refractivity contribution in [3.8, 4) is 0 Å². The predicted molar refractivity (Wildman–Crippen MR) is 115 cm³/mol. The highest BCUT2D eigenvalue weighted by molar-refractivity contribution is 5.87. The molecule has 3 heteroatoms. The topological polar surface area (TPSA) is 41.5 Å². The third-order valence-electron chi connectivity index (χ3n) is 4.46. The van der Waals surface area contributed by atoms with E-state index in [4.69, 9.17) is 0 Å². The van der Waals surface area contributed by atoms with Crippen molar-refractivity contribution >= 4 is 12.1 Å². The molecule has 1 aliphatic carbocycles. The summed E-state index contributed by atoms with van der Waals surface area (Å²) >= 11 is 0. The number of nitrogens with zero attached hydrogens (tertiary/aromatic N) is 1. The first-order chi connectivity index (χ1) is 13.0. The Morgan fingerprint density at radius 3 is 2.63 bits per heavy atom. The fraction of sp³-hybridized carbons (Fsp3) is 0.167. The van der Waals surface area contributed by atoms with E-state index in [1.54, 1.807) is 24.4 Å². The molecule has 1 aromatic rings. The number of aliphatic imine (C=N–C) groups is 1. The molecule has 2 rings (SSSR count). The van der Waals surface area contributed by atoms with Crippen LogP contribution in [-0.4, -0.2) is 12.1 Å². The van der Waals surface area contributed by atoms with Crippen LogP contribution in [0.2, 0.25) is 0 Å². The first kappa shape index (κ1) is 20.1. The number of rotatable bonds is 9. The van der Waals surface area contributed by atoms with Crippen LogP contribution in [0.1, 0.15) is 23.5 Å². The molecular weight excluding hydrogens is 332 g/mol. The van der Waals surface area contributed by atoms with Gasteiger partial charge in [0, 0.05) is 24.0 Å².